The van der Waals surface area contributed by atoms with Gasteiger partial charge in [-0.25, -0.2) is 8.42 Å². The van der Waals surface area contributed by atoms with Crippen LogP contribution >= 0.6 is 11.6 Å². The fourth-order valence-corrected chi connectivity index (χ4v) is 5.36. The Bertz CT molecular complexity index is 975. The molecule has 1 saturated carbocycles. The molecule has 28 heavy (non-hydrogen) atoms. The van der Waals surface area contributed by atoms with Gasteiger partial charge >= 0.3 is 0 Å². The Morgan fingerprint density at radius 1 is 0.929 bits per heavy atom. The predicted molar refractivity (Wildman–Crippen MR) is 109 cm³/mol. The number of piperazine rings is 1. The van der Waals surface area contributed by atoms with Gasteiger partial charge in [-0.15, -0.1) is 0 Å². The minimum Gasteiger partial charge on any atom is -0.339 e. The first-order valence-electron chi connectivity index (χ1n) is 9.45. The Morgan fingerprint density at radius 2 is 1.50 bits per heavy atom. The first-order valence-corrected chi connectivity index (χ1v) is 11.3. The van der Waals surface area contributed by atoms with Gasteiger partial charge in [0.05, 0.1) is 10.3 Å². The number of amides is 1. The van der Waals surface area contributed by atoms with Crippen LogP contribution in [0.5, 0.6) is 0 Å². The molecule has 1 heterocycles. The van der Waals surface area contributed by atoms with E-state index in [1.54, 1.807) is 24.3 Å². The van der Waals surface area contributed by atoms with E-state index in [0.29, 0.717) is 36.1 Å². The van der Waals surface area contributed by atoms with Crippen LogP contribution in [0.15, 0.2) is 53.4 Å². The van der Waals surface area contributed by atoms with Crippen LogP contribution in [0.3, 0.4) is 0 Å². The van der Waals surface area contributed by atoms with E-state index >= 15 is 0 Å². The molecule has 2 aromatic carbocycles. The van der Waals surface area contributed by atoms with Gasteiger partial charge < -0.3 is 4.90 Å². The molecule has 2 aliphatic rings. The summed E-state index contributed by atoms with van der Waals surface area (Å²) in [5, 5.41) is 0.655. The van der Waals surface area contributed by atoms with E-state index in [2.05, 4.69) is 0 Å². The molecule has 0 unspecified atom stereocenters. The van der Waals surface area contributed by atoms with Crippen molar-refractivity contribution in [2.75, 3.05) is 26.2 Å². The fraction of sp³-hybridized carbons (Fsp3) is 0.381. The number of halogens is 1. The number of aryl methyl sites for hydroxylation is 1. The SMILES string of the molecule is Cc1ccc(S(=O)(=O)N2CCN(C(=O)C3(c4ccc(Cl)cc4)CC3)CC2)cc1. The molecule has 148 valence electrons. The molecule has 1 aliphatic carbocycles. The lowest BCUT2D eigenvalue weighted by Crippen LogP contribution is -2.52. The van der Waals surface area contributed by atoms with Crippen LogP contribution in [0.1, 0.15) is 24.0 Å². The second-order valence-electron chi connectivity index (χ2n) is 7.60. The first-order chi connectivity index (χ1) is 13.3. The van der Waals surface area contributed by atoms with Crippen LogP contribution in [0.25, 0.3) is 0 Å². The van der Waals surface area contributed by atoms with Crippen LogP contribution < -0.4 is 0 Å². The molecule has 0 atom stereocenters. The number of carbonyl (C=O) groups excluding carboxylic acids is 1. The number of nitrogens with zero attached hydrogens (tertiary/aromatic N) is 2. The summed E-state index contributed by atoms with van der Waals surface area (Å²) in [6.07, 6.45) is 1.66. The number of hydrogen-bond acceptors (Lipinski definition) is 3. The molecule has 2 aromatic rings. The highest BCUT2D eigenvalue weighted by molar-refractivity contribution is 7.89. The molecular weight excluding hydrogens is 396 g/mol. The van der Waals surface area contributed by atoms with Gasteiger partial charge in [0.2, 0.25) is 15.9 Å². The molecular formula is C21H23ClN2O3S. The minimum absolute atomic E-state index is 0.0993. The predicted octanol–water partition coefficient (Wildman–Crippen LogP) is 3.21. The monoisotopic (exact) mass is 418 g/mol. The van der Waals surface area contributed by atoms with E-state index in [1.807, 2.05) is 36.1 Å². The van der Waals surface area contributed by atoms with Crippen molar-refractivity contribution in [1.82, 2.24) is 9.21 Å². The van der Waals surface area contributed by atoms with Crippen LogP contribution in [0.4, 0.5) is 0 Å². The van der Waals surface area contributed by atoms with Gasteiger partial charge in [0.15, 0.2) is 0 Å². The summed E-state index contributed by atoms with van der Waals surface area (Å²) in [5.74, 6) is 0.0993. The lowest BCUT2D eigenvalue weighted by atomic mass is 9.94. The largest absolute Gasteiger partial charge is 0.339 e. The molecule has 0 N–H and O–H groups in total. The maximum absolute atomic E-state index is 13.2. The Hall–Kier alpha value is -1.89. The molecule has 1 amide bonds. The van der Waals surface area contributed by atoms with E-state index in [9.17, 15) is 13.2 Å². The summed E-state index contributed by atoms with van der Waals surface area (Å²) < 4.78 is 27.2. The Balaban J connectivity index is 1.45. The van der Waals surface area contributed by atoms with E-state index in [-0.39, 0.29) is 5.91 Å². The number of rotatable bonds is 4. The Kier molecular flexibility index (Phi) is 4.98. The summed E-state index contributed by atoms with van der Waals surface area (Å²) in [5.41, 5.74) is 1.56. The molecule has 0 radical (unpaired) electrons. The zero-order valence-corrected chi connectivity index (χ0v) is 17.3. The van der Waals surface area contributed by atoms with Gasteiger partial charge in [-0.05, 0) is 49.6 Å². The molecule has 1 aliphatic heterocycles. The maximum atomic E-state index is 13.2. The van der Waals surface area contributed by atoms with Crippen LogP contribution in [0.2, 0.25) is 5.02 Å². The van der Waals surface area contributed by atoms with Crippen LogP contribution in [-0.4, -0.2) is 49.7 Å². The Morgan fingerprint density at radius 3 is 2.04 bits per heavy atom. The summed E-state index contributed by atoms with van der Waals surface area (Å²) in [7, 11) is -3.52. The van der Waals surface area contributed by atoms with Crippen molar-refractivity contribution in [3.63, 3.8) is 0 Å². The van der Waals surface area contributed by atoms with Crippen molar-refractivity contribution in [3.05, 3.63) is 64.7 Å². The van der Waals surface area contributed by atoms with Crippen molar-refractivity contribution in [2.24, 2.45) is 0 Å². The minimum atomic E-state index is -3.52. The number of carbonyl (C=O) groups is 1. The van der Waals surface area contributed by atoms with Gasteiger partial charge in [0, 0.05) is 31.2 Å². The second kappa shape index (κ2) is 7.17. The average Bonchev–Trinajstić information content (AvgIpc) is 3.50. The molecule has 5 nitrogen and oxygen atoms in total. The van der Waals surface area contributed by atoms with Crippen LogP contribution in [0, 0.1) is 6.92 Å². The molecule has 4 rings (SSSR count). The quantitative estimate of drug-likeness (QED) is 0.766. The molecule has 0 spiro atoms. The van der Waals surface area contributed by atoms with Gasteiger partial charge in [-0.1, -0.05) is 41.4 Å². The van der Waals surface area contributed by atoms with E-state index in [4.69, 9.17) is 11.6 Å². The third kappa shape index (κ3) is 3.45. The number of sulfonamides is 1. The summed E-state index contributed by atoms with van der Waals surface area (Å²) >= 11 is 5.97. The van der Waals surface area contributed by atoms with Crippen molar-refractivity contribution in [1.29, 1.82) is 0 Å². The highest BCUT2D eigenvalue weighted by Crippen LogP contribution is 2.50. The normalized spacial score (nSPS) is 19.4. The van der Waals surface area contributed by atoms with Crippen molar-refractivity contribution < 1.29 is 13.2 Å². The van der Waals surface area contributed by atoms with Crippen LogP contribution in [-0.2, 0) is 20.2 Å². The smallest absolute Gasteiger partial charge is 0.243 e. The number of benzene rings is 2. The van der Waals surface area contributed by atoms with Crippen molar-refractivity contribution in [2.45, 2.75) is 30.1 Å². The standard InChI is InChI=1S/C21H23ClN2O3S/c1-16-2-8-19(9-3-16)28(26,27)24-14-12-23(13-15-24)20(25)21(10-11-21)17-4-6-18(22)7-5-17/h2-9H,10-15H2,1H3. The molecule has 0 bridgehead atoms. The highest BCUT2D eigenvalue weighted by atomic mass is 35.5. The van der Waals surface area contributed by atoms with E-state index in [0.717, 1.165) is 24.0 Å². The maximum Gasteiger partial charge on any atom is 0.243 e. The molecule has 2 fully saturated rings. The zero-order chi connectivity index (χ0) is 19.9. The topological polar surface area (TPSA) is 57.7 Å². The third-order valence-corrected chi connectivity index (χ3v) is 7.91. The van der Waals surface area contributed by atoms with Gasteiger partial charge in [-0.3, -0.25) is 4.79 Å². The van der Waals surface area contributed by atoms with Crippen molar-refractivity contribution >= 4 is 27.5 Å². The average molecular weight is 419 g/mol. The molecule has 1 saturated heterocycles. The molecule has 0 aromatic heterocycles. The van der Waals surface area contributed by atoms with E-state index < -0.39 is 15.4 Å². The van der Waals surface area contributed by atoms with Crippen molar-refractivity contribution in [3.8, 4) is 0 Å². The zero-order valence-electron chi connectivity index (χ0n) is 15.8. The summed E-state index contributed by atoms with van der Waals surface area (Å²) in [4.78, 5) is 15.3. The Labute approximate surface area is 171 Å². The van der Waals surface area contributed by atoms with E-state index in [1.165, 1.54) is 4.31 Å². The van der Waals surface area contributed by atoms with Gasteiger partial charge in [0.1, 0.15) is 0 Å². The first kappa shape index (κ1) is 19.4. The second-order valence-corrected chi connectivity index (χ2v) is 9.97. The highest BCUT2D eigenvalue weighted by Gasteiger charge is 2.53. The van der Waals surface area contributed by atoms with Gasteiger partial charge in [-0.2, -0.15) is 4.31 Å². The molecule has 7 heteroatoms. The lowest BCUT2D eigenvalue weighted by Gasteiger charge is -2.36. The summed E-state index contributed by atoms with van der Waals surface area (Å²) in [6.45, 7) is 3.39. The lowest BCUT2D eigenvalue weighted by molar-refractivity contribution is -0.135. The summed E-state index contributed by atoms with van der Waals surface area (Å²) in [6, 6.07) is 14.4. The fourth-order valence-electron chi connectivity index (χ4n) is 3.81. The van der Waals surface area contributed by atoms with Gasteiger partial charge in [0.25, 0.3) is 0 Å². The number of hydrogen-bond donors (Lipinski definition) is 0. The third-order valence-electron chi connectivity index (χ3n) is 5.74.